The summed E-state index contributed by atoms with van der Waals surface area (Å²) in [4.78, 5) is 4.19. The van der Waals surface area contributed by atoms with E-state index in [4.69, 9.17) is 4.74 Å². The summed E-state index contributed by atoms with van der Waals surface area (Å²) >= 11 is 0. The Labute approximate surface area is 113 Å². The number of ether oxygens (including phenoxy) is 1. The lowest BCUT2D eigenvalue weighted by atomic mass is 10.1. The molecule has 19 heavy (non-hydrogen) atoms. The van der Waals surface area contributed by atoms with Crippen molar-refractivity contribution >= 4 is 0 Å². The van der Waals surface area contributed by atoms with Crippen LogP contribution in [0.4, 0.5) is 0 Å². The first-order valence-electron chi connectivity index (χ1n) is 6.38. The second kappa shape index (κ2) is 6.33. The summed E-state index contributed by atoms with van der Waals surface area (Å²) in [6, 6.07) is 6.23. The van der Waals surface area contributed by atoms with E-state index in [0.29, 0.717) is 0 Å². The molecule has 0 saturated heterocycles. The van der Waals surface area contributed by atoms with Gasteiger partial charge in [-0.25, -0.2) is 4.98 Å². The van der Waals surface area contributed by atoms with Crippen LogP contribution in [0.1, 0.15) is 17.0 Å². The lowest BCUT2D eigenvalue weighted by molar-refractivity contribution is 0.411. The second-order valence-electron chi connectivity index (χ2n) is 4.57. The van der Waals surface area contributed by atoms with Crippen LogP contribution in [0.3, 0.4) is 0 Å². The van der Waals surface area contributed by atoms with Gasteiger partial charge in [0.1, 0.15) is 12.1 Å². The number of aromatic nitrogens is 3. The van der Waals surface area contributed by atoms with Crippen LogP contribution in [0.2, 0.25) is 0 Å². The standard InChI is InChI=1S/C14H20N4O/c1-11-8-12(4-5-13(11)19-3)9-15-7-6-14-16-10-18(2)17-14/h4-5,8,10,15H,6-7,9H2,1-3H3. The van der Waals surface area contributed by atoms with Crippen LogP contribution >= 0.6 is 0 Å². The van der Waals surface area contributed by atoms with Gasteiger partial charge < -0.3 is 10.1 Å². The fourth-order valence-corrected chi connectivity index (χ4v) is 1.98. The monoisotopic (exact) mass is 260 g/mol. The highest BCUT2D eigenvalue weighted by atomic mass is 16.5. The molecule has 0 aliphatic carbocycles. The topological polar surface area (TPSA) is 52.0 Å². The van der Waals surface area contributed by atoms with Gasteiger partial charge in [-0.05, 0) is 24.1 Å². The van der Waals surface area contributed by atoms with Crippen LogP contribution in [0, 0.1) is 6.92 Å². The summed E-state index contributed by atoms with van der Waals surface area (Å²) < 4.78 is 6.97. The molecular formula is C14H20N4O. The molecule has 0 spiro atoms. The summed E-state index contributed by atoms with van der Waals surface area (Å²) in [5.74, 6) is 1.81. The van der Waals surface area contributed by atoms with Gasteiger partial charge in [-0.1, -0.05) is 12.1 Å². The van der Waals surface area contributed by atoms with Gasteiger partial charge in [0.2, 0.25) is 0 Å². The van der Waals surface area contributed by atoms with E-state index in [1.807, 2.05) is 13.1 Å². The van der Waals surface area contributed by atoms with Gasteiger partial charge in [0.05, 0.1) is 7.11 Å². The maximum atomic E-state index is 5.25. The Morgan fingerprint density at radius 2 is 2.21 bits per heavy atom. The van der Waals surface area contributed by atoms with E-state index in [9.17, 15) is 0 Å². The average molecular weight is 260 g/mol. The predicted molar refractivity (Wildman–Crippen MR) is 74.1 cm³/mol. The lowest BCUT2D eigenvalue weighted by Gasteiger charge is -2.08. The van der Waals surface area contributed by atoms with Gasteiger partial charge in [0, 0.05) is 26.6 Å². The highest BCUT2D eigenvalue weighted by Gasteiger charge is 2.01. The van der Waals surface area contributed by atoms with E-state index < -0.39 is 0 Å². The molecule has 0 atom stereocenters. The predicted octanol–water partition coefficient (Wildman–Crippen LogP) is 1.46. The van der Waals surface area contributed by atoms with E-state index in [-0.39, 0.29) is 0 Å². The van der Waals surface area contributed by atoms with Crippen molar-refractivity contribution in [1.29, 1.82) is 0 Å². The lowest BCUT2D eigenvalue weighted by Crippen LogP contribution is -2.17. The Morgan fingerprint density at radius 1 is 1.37 bits per heavy atom. The smallest absolute Gasteiger partial charge is 0.151 e. The molecule has 1 aromatic heterocycles. The summed E-state index contributed by atoms with van der Waals surface area (Å²) in [5, 5.41) is 7.64. The Morgan fingerprint density at radius 3 is 2.84 bits per heavy atom. The van der Waals surface area contributed by atoms with Gasteiger partial charge in [-0.2, -0.15) is 5.10 Å². The molecule has 5 heteroatoms. The molecule has 0 saturated carbocycles. The Hall–Kier alpha value is -1.88. The van der Waals surface area contributed by atoms with Crippen LogP contribution < -0.4 is 10.1 Å². The minimum Gasteiger partial charge on any atom is -0.496 e. The first-order chi connectivity index (χ1) is 9.19. The van der Waals surface area contributed by atoms with Crippen LogP contribution in [0.25, 0.3) is 0 Å². The normalized spacial score (nSPS) is 10.7. The number of nitrogens with zero attached hydrogens (tertiary/aromatic N) is 3. The summed E-state index contributed by atoms with van der Waals surface area (Å²) in [6.45, 7) is 3.77. The van der Waals surface area contributed by atoms with Crippen LogP contribution in [-0.2, 0) is 20.0 Å². The summed E-state index contributed by atoms with van der Waals surface area (Å²) in [7, 11) is 3.57. The van der Waals surface area contributed by atoms with Gasteiger partial charge in [-0.3, -0.25) is 4.68 Å². The third-order valence-electron chi connectivity index (χ3n) is 2.96. The molecular weight excluding hydrogens is 240 g/mol. The van der Waals surface area contributed by atoms with Gasteiger partial charge in [-0.15, -0.1) is 0 Å². The van der Waals surface area contributed by atoms with E-state index in [2.05, 4.69) is 34.5 Å². The molecule has 1 N–H and O–H groups in total. The van der Waals surface area contributed by atoms with Crippen molar-refractivity contribution in [2.45, 2.75) is 19.9 Å². The third kappa shape index (κ3) is 3.79. The zero-order chi connectivity index (χ0) is 13.7. The van der Waals surface area contributed by atoms with E-state index in [0.717, 1.165) is 36.6 Å². The quantitative estimate of drug-likeness (QED) is 0.799. The molecule has 0 amide bonds. The molecule has 2 rings (SSSR count). The fraction of sp³-hybridized carbons (Fsp3) is 0.429. The summed E-state index contributed by atoms with van der Waals surface area (Å²) in [5.41, 5.74) is 2.42. The SMILES string of the molecule is COc1ccc(CNCCc2ncn(C)n2)cc1C. The number of hydrogen-bond acceptors (Lipinski definition) is 4. The maximum Gasteiger partial charge on any atom is 0.151 e. The zero-order valence-electron chi connectivity index (χ0n) is 11.7. The number of aryl methyl sites for hydroxylation is 2. The maximum absolute atomic E-state index is 5.25. The van der Waals surface area contributed by atoms with Crippen LogP contribution in [0.5, 0.6) is 5.75 Å². The highest BCUT2D eigenvalue weighted by Crippen LogP contribution is 2.18. The minimum absolute atomic E-state index is 0.843. The minimum atomic E-state index is 0.843. The second-order valence-corrected chi connectivity index (χ2v) is 4.57. The Bertz CT molecular complexity index is 536. The molecule has 0 aliphatic rings. The first kappa shape index (κ1) is 13.5. The molecule has 1 heterocycles. The van der Waals surface area contributed by atoms with E-state index >= 15 is 0 Å². The molecule has 0 bridgehead atoms. The third-order valence-corrected chi connectivity index (χ3v) is 2.96. The van der Waals surface area contributed by atoms with Crippen molar-refractivity contribution in [3.05, 3.63) is 41.5 Å². The molecule has 0 fully saturated rings. The van der Waals surface area contributed by atoms with E-state index in [1.165, 1.54) is 5.56 Å². The van der Waals surface area contributed by atoms with E-state index in [1.54, 1.807) is 18.1 Å². The van der Waals surface area contributed by atoms with Crippen molar-refractivity contribution in [2.24, 2.45) is 7.05 Å². The van der Waals surface area contributed by atoms with Gasteiger partial charge in [0.25, 0.3) is 0 Å². The molecule has 2 aromatic rings. The van der Waals surface area contributed by atoms with Crippen LogP contribution in [0.15, 0.2) is 24.5 Å². The number of methoxy groups -OCH3 is 1. The molecule has 5 nitrogen and oxygen atoms in total. The first-order valence-corrected chi connectivity index (χ1v) is 6.38. The molecule has 0 radical (unpaired) electrons. The zero-order valence-corrected chi connectivity index (χ0v) is 11.7. The molecule has 0 unspecified atom stereocenters. The molecule has 102 valence electrons. The molecule has 1 aromatic carbocycles. The van der Waals surface area contributed by atoms with Crippen molar-refractivity contribution in [3.63, 3.8) is 0 Å². The Balaban J connectivity index is 1.78. The average Bonchev–Trinajstić information content (AvgIpc) is 2.81. The number of nitrogens with one attached hydrogen (secondary N) is 1. The summed E-state index contributed by atoms with van der Waals surface area (Å²) in [6.07, 6.45) is 2.57. The Kier molecular flexibility index (Phi) is 4.52. The van der Waals surface area contributed by atoms with Gasteiger partial charge in [0.15, 0.2) is 5.82 Å². The van der Waals surface area contributed by atoms with Crippen molar-refractivity contribution in [3.8, 4) is 5.75 Å². The fourth-order valence-electron chi connectivity index (χ4n) is 1.98. The highest BCUT2D eigenvalue weighted by molar-refractivity contribution is 5.36. The number of benzene rings is 1. The van der Waals surface area contributed by atoms with Gasteiger partial charge >= 0.3 is 0 Å². The largest absolute Gasteiger partial charge is 0.496 e. The number of hydrogen-bond donors (Lipinski definition) is 1. The van der Waals surface area contributed by atoms with Crippen molar-refractivity contribution in [2.75, 3.05) is 13.7 Å². The van der Waals surface area contributed by atoms with Crippen molar-refractivity contribution in [1.82, 2.24) is 20.1 Å². The van der Waals surface area contributed by atoms with Crippen LogP contribution in [-0.4, -0.2) is 28.4 Å². The number of rotatable bonds is 6. The van der Waals surface area contributed by atoms with Crippen molar-refractivity contribution < 1.29 is 4.74 Å². The molecule has 0 aliphatic heterocycles.